The molecule has 0 saturated heterocycles. The second-order valence-electron chi connectivity index (χ2n) is 6.42. The number of hydrogen-bond acceptors (Lipinski definition) is 6. The Morgan fingerprint density at radius 3 is 2.88 bits per heavy atom. The molecule has 1 aliphatic rings. The van der Waals surface area contributed by atoms with E-state index in [2.05, 4.69) is 20.4 Å². The summed E-state index contributed by atoms with van der Waals surface area (Å²) in [6, 6.07) is 9.59. The van der Waals surface area contributed by atoms with Crippen molar-refractivity contribution < 1.29 is 9.53 Å². The summed E-state index contributed by atoms with van der Waals surface area (Å²) >= 11 is 0. The summed E-state index contributed by atoms with van der Waals surface area (Å²) in [4.78, 5) is 31.3. The van der Waals surface area contributed by atoms with Crippen LogP contribution in [0.4, 0.5) is 5.95 Å². The molecule has 134 valence electrons. The van der Waals surface area contributed by atoms with Crippen molar-refractivity contribution >= 4 is 23.0 Å². The number of esters is 1. The molecule has 0 unspecified atom stereocenters. The summed E-state index contributed by atoms with van der Waals surface area (Å²) in [5, 5.41) is 7.96. The van der Waals surface area contributed by atoms with Gasteiger partial charge in [0, 0.05) is 6.04 Å². The van der Waals surface area contributed by atoms with Gasteiger partial charge in [0.15, 0.2) is 5.65 Å². The molecule has 1 fully saturated rings. The summed E-state index contributed by atoms with van der Waals surface area (Å²) < 4.78 is 6.45. The molecule has 0 spiro atoms. The van der Waals surface area contributed by atoms with Crippen LogP contribution >= 0.6 is 0 Å². The third kappa shape index (κ3) is 2.94. The Bertz CT molecular complexity index is 995. The number of carbonyl (C=O) groups is 1. The van der Waals surface area contributed by atoms with E-state index in [0.717, 1.165) is 18.5 Å². The second kappa shape index (κ2) is 6.62. The molecule has 1 aliphatic carbocycles. The van der Waals surface area contributed by atoms with E-state index in [0.29, 0.717) is 23.4 Å². The Balaban J connectivity index is 1.63. The van der Waals surface area contributed by atoms with E-state index >= 15 is 0 Å². The van der Waals surface area contributed by atoms with Crippen molar-refractivity contribution in [3.63, 3.8) is 0 Å². The molecular formula is C18H19N5O3. The molecule has 1 saturated carbocycles. The highest BCUT2D eigenvalue weighted by Gasteiger charge is 2.31. The van der Waals surface area contributed by atoms with E-state index in [9.17, 15) is 9.59 Å². The van der Waals surface area contributed by atoms with Gasteiger partial charge in [-0.25, -0.2) is 4.68 Å². The quantitative estimate of drug-likeness (QED) is 0.694. The van der Waals surface area contributed by atoms with Crippen LogP contribution in [-0.2, 0) is 9.53 Å². The van der Waals surface area contributed by atoms with E-state index in [-0.39, 0.29) is 23.5 Å². The number of hydrogen-bond donors (Lipinski definition) is 2. The lowest BCUT2D eigenvalue weighted by atomic mass is 10.1. The van der Waals surface area contributed by atoms with Gasteiger partial charge in [-0.05, 0) is 31.4 Å². The molecule has 3 aromatic rings. The maximum Gasteiger partial charge on any atom is 0.308 e. The average Bonchev–Trinajstić information content (AvgIpc) is 3.29. The predicted octanol–water partition coefficient (Wildman–Crippen LogP) is 1.86. The number of ether oxygens (including phenoxy) is 1. The normalized spacial score (nSPS) is 19.6. The van der Waals surface area contributed by atoms with E-state index in [1.54, 1.807) is 4.68 Å². The van der Waals surface area contributed by atoms with Crippen molar-refractivity contribution in [2.45, 2.75) is 25.3 Å². The molecule has 0 radical (unpaired) electrons. The molecule has 1 aromatic carbocycles. The van der Waals surface area contributed by atoms with Crippen LogP contribution in [0.15, 0.2) is 41.3 Å². The lowest BCUT2D eigenvalue weighted by molar-refractivity contribution is -0.145. The first-order valence-corrected chi connectivity index (χ1v) is 8.53. The molecule has 4 rings (SSSR count). The summed E-state index contributed by atoms with van der Waals surface area (Å²) in [6.45, 7) is 0. The number of anilines is 1. The number of benzene rings is 1. The Morgan fingerprint density at radius 1 is 1.31 bits per heavy atom. The molecule has 26 heavy (non-hydrogen) atoms. The number of carbonyl (C=O) groups excluding carboxylic acids is 1. The van der Waals surface area contributed by atoms with Crippen LogP contribution in [0.5, 0.6) is 0 Å². The Hall–Kier alpha value is -3.16. The lowest BCUT2D eigenvalue weighted by Crippen LogP contribution is -2.22. The minimum atomic E-state index is -0.248. The van der Waals surface area contributed by atoms with Crippen molar-refractivity contribution in [3.05, 3.63) is 46.9 Å². The fourth-order valence-electron chi connectivity index (χ4n) is 3.43. The third-order valence-corrected chi connectivity index (χ3v) is 4.75. The van der Waals surface area contributed by atoms with Crippen molar-refractivity contribution in [2.75, 3.05) is 12.4 Å². The number of nitrogens with one attached hydrogen (secondary N) is 2. The number of rotatable bonds is 4. The molecule has 0 aliphatic heterocycles. The predicted molar refractivity (Wildman–Crippen MR) is 96.3 cm³/mol. The van der Waals surface area contributed by atoms with E-state index in [4.69, 9.17) is 4.74 Å². The number of fused-ring (bicyclic) bond motifs is 1. The van der Waals surface area contributed by atoms with Crippen LogP contribution in [0.1, 0.15) is 19.3 Å². The first-order valence-electron chi connectivity index (χ1n) is 8.53. The van der Waals surface area contributed by atoms with Gasteiger partial charge in [-0.2, -0.15) is 10.1 Å². The average molecular weight is 353 g/mol. The summed E-state index contributed by atoms with van der Waals surface area (Å²) in [5.41, 5.74) is 1.07. The number of nitrogens with zero attached hydrogens (tertiary/aromatic N) is 3. The van der Waals surface area contributed by atoms with Gasteiger partial charge >= 0.3 is 5.97 Å². The number of methoxy groups -OCH3 is 1. The SMILES string of the molecule is COC(=O)[C@H]1CC[C@@H](Nc2nc3c(cnn3-c3ccccc3)c(=O)[nH]2)C1. The van der Waals surface area contributed by atoms with Crippen molar-refractivity contribution in [1.82, 2.24) is 19.7 Å². The van der Waals surface area contributed by atoms with Crippen LogP contribution in [0.25, 0.3) is 16.7 Å². The first-order chi connectivity index (χ1) is 12.7. The van der Waals surface area contributed by atoms with Gasteiger partial charge in [0.05, 0.1) is 24.9 Å². The zero-order valence-electron chi connectivity index (χ0n) is 14.3. The smallest absolute Gasteiger partial charge is 0.308 e. The van der Waals surface area contributed by atoms with Crippen LogP contribution < -0.4 is 10.9 Å². The molecule has 0 amide bonds. The van der Waals surface area contributed by atoms with Gasteiger partial charge in [-0.15, -0.1) is 0 Å². The van der Waals surface area contributed by atoms with Crippen LogP contribution in [-0.4, -0.2) is 38.9 Å². The monoisotopic (exact) mass is 353 g/mol. The lowest BCUT2D eigenvalue weighted by Gasteiger charge is -2.13. The minimum absolute atomic E-state index is 0.0628. The zero-order chi connectivity index (χ0) is 18.1. The number of aromatic amines is 1. The number of aromatic nitrogens is 4. The van der Waals surface area contributed by atoms with Crippen LogP contribution in [0.3, 0.4) is 0 Å². The van der Waals surface area contributed by atoms with Gasteiger partial charge in [0.1, 0.15) is 5.39 Å². The molecule has 0 bridgehead atoms. The van der Waals surface area contributed by atoms with Crippen molar-refractivity contribution in [2.24, 2.45) is 5.92 Å². The summed E-state index contributed by atoms with van der Waals surface area (Å²) in [7, 11) is 1.40. The Morgan fingerprint density at radius 2 is 2.12 bits per heavy atom. The Kier molecular flexibility index (Phi) is 4.16. The molecule has 2 heterocycles. The molecule has 2 N–H and O–H groups in total. The molecule has 2 aromatic heterocycles. The fraction of sp³-hybridized carbons (Fsp3) is 0.333. The van der Waals surface area contributed by atoms with E-state index in [1.165, 1.54) is 13.3 Å². The minimum Gasteiger partial charge on any atom is -0.469 e. The van der Waals surface area contributed by atoms with Gasteiger partial charge in [-0.3, -0.25) is 14.6 Å². The molecular weight excluding hydrogens is 334 g/mol. The third-order valence-electron chi connectivity index (χ3n) is 4.75. The highest BCUT2D eigenvalue weighted by atomic mass is 16.5. The Labute approximate surface area is 149 Å². The van der Waals surface area contributed by atoms with Gasteiger partial charge in [-0.1, -0.05) is 18.2 Å². The molecule has 8 heteroatoms. The van der Waals surface area contributed by atoms with E-state index in [1.807, 2.05) is 30.3 Å². The summed E-state index contributed by atoms with van der Waals surface area (Å²) in [6.07, 6.45) is 3.76. The van der Waals surface area contributed by atoms with Gasteiger partial charge in [0.25, 0.3) is 5.56 Å². The van der Waals surface area contributed by atoms with Crippen LogP contribution in [0.2, 0.25) is 0 Å². The van der Waals surface area contributed by atoms with E-state index < -0.39 is 0 Å². The number of H-pyrrole nitrogens is 1. The topological polar surface area (TPSA) is 102 Å². The van der Waals surface area contributed by atoms with Crippen LogP contribution in [0, 0.1) is 5.92 Å². The maximum atomic E-state index is 12.4. The highest BCUT2D eigenvalue weighted by molar-refractivity contribution is 5.76. The highest BCUT2D eigenvalue weighted by Crippen LogP contribution is 2.28. The maximum absolute atomic E-state index is 12.4. The standard InChI is InChI=1S/C18H19N5O3/c1-26-17(25)11-7-8-12(9-11)20-18-21-15-14(16(24)22-18)10-19-23(15)13-5-3-2-4-6-13/h2-6,10-12H,7-9H2,1H3,(H2,20,21,22,24)/t11-,12+/m0/s1. The largest absolute Gasteiger partial charge is 0.469 e. The van der Waals surface area contributed by atoms with Crippen molar-refractivity contribution in [1.29, 1.82) is 0 Å². The fourth-order valence-corrected chi connectivity index (χ4v) is 3.43. The van der Waals surface area contributed by atoms with Gasteiger partial charge in [0.2, 0.25) is 5.95 Å². The zero-order valence-corrected chi connectivity index (χ0v) is 14.3. The first kappa shape index (κ1) is 16.3. The van der Waals surface area contributed by atoms with Crippen molar-refractivity contribution in [3.8, 4) is 5.69 Å². The number of para-hydroxylation sites is 1. The molecule has 8 nitrogen and oxygen atoms in total. The van der Waals surface area contributed by atoms with Gasteiger partial charge < -0.3 is 10.1 Å². The second-order valence-corrected chi connectivity index (χ2v) is 6.42. The molecule has 2 atom stereocenters. The summed E-state index contributed by atoms with van der Waals surface area (Å²) in [5.74, 6) is 0.0897.